The summed E-state index contributed by atoms with van der Waals surface area (Å²) < 4.78 is 22.8. The number of hydrogen-bond donors (Lipinski definition) is 1. The Labute approximate surface area is 193 Å². The van der Waals surface area contributed by atoms with Crippen LogP contribution in [0.3, 0.4) is 0 Å². The van der Waals surface area contributed by atoms with Crippen molar-refractivity contribution in [1.82, 2.24) is 19.6 Å². The Morgan fingerprint density at radius 1 is 1.12 bits per heavy atom. The fourth-order valence-corrected chi connectivity index (χ4v) is 3.39. The van der Waals surface area contributed by atoms with Gasteiger partial charge in [-0.2, -0.15) is 10.2 Å². The Kier molecular flexibility index (Phi) is 6.43. The Morgan fingerprint density at radius 3 is 2.66 bits per heavy atom. The van der Waals surface area contributed by atoms with Crippen molar-refractivity contribution in [3.8, 4) is 5.75 Å². The summed E-state index contributed by atoms with van der Waals surface area (Å²) >= 11 is 12.0. The molecule has 0 aliphatic heterocycles. The van der Waals surface area contributed by atoms with Crippen LogP contribution in [0.1, 0.15) is 21.7 Å². The van der Waals surface area contributed by atoms with Crippen LogP contribution in [0.25, 0.3) is 0 Å². The van der Waals surface area contributed by atoms with Gasteiger partial charge in [0.25, 0.3) is 5.91 Å². The Balaban J connectivity index is 1.44. The normalized spacial score (nSPS) is 10.9. The SMILES string of the molecule is Cc1cc(NC(=O)c2ccnn2COc2ccc(Cl)cc2)nn1Cc1c(F)cccc1Cl. The van der Waals surface area contributed by atoms with Crippen LogP contribution >= 0.6 is 23.2 Å². The van der Waals surface area contributed by atoms with E-state index in [0.717, 1.165) is 5.69 Å². The molecule has 2 aromatic heterocycles. The lowest BCUT2D eigenvalue weighted by Gasteiger charge is -2.09. The van der Waals surface area contributed by atoms with Crippen LogP contribution in [-0.2, 0) is 13.3 Å². The van der Waals surface area contributed by atoms with E-state index >= 15 is 0 Å². The van der Waals surface area contributed by atoms with Gasteiger partial charge < -0.3 is 10.1 Å². The highest BCUT2D eigenvalue weighted by Gasteiger charge is 2.16. The van der Waals surface area contributed by atoms with E-state index in [4.69, 9.17) is 27.9 Å². The maximum absolute atomic E-state index is 14.1. The highest BCUT2D eigenvalue weighted by Crippen LogP contribution is 2.21. The molecule has 0 aliphatic carbocycles. The van der Waals surface area contributed by atoms with Gasteiger partial charge in [-0.1, -0.05) is 29.3 Å². The zero-order chi connectivity index (χ0) is 22.7. The molecule has 0 radical (unpaired) electrons. The molecule has 0 fully saturated rings. The van der Waals surface area contributed by atoms with Gasteiger partial charge in [-0.05, 0) is 49.4 Å². The molecule has 4 aromatic rings. The number of carbonyl (C=O) groups excluding carboxylic acids is 1. The number of benzene rings is 2. The topological polar surface area (TPSA) is 74.0 Å². The van der Waals surface area contributed by atoms with E-state index in [-0.39, 0.29) is 13.3 Å². The summed E-state index contributed by atoms with van der Waals surface area (Å²) in [6, 6.07) is 14.6. The molecule has 0 unspecified atom stereocenters. The van der Waals surface area contributed by atoms with Gasteiger partial charge in [0, 0.05) is 33.6 Å². The molecule has 2 heterocycles. The Bertz CT molecular complexity index is 1230. The number of amides is 1. The monoisotopic (exact) mass is 473 g/mol. The second kappa shape index (κ2) is 9.42. The molecule has 0 bridgehead atoms. The molecule has 0 spiro atoms. The molecule has 2 aromatic carbocycles. The Hall–Kier alpha value is -3.36. The molecule has 32 heavy (non-hydrogen) atoms. The van der Waals surface area contributed by atoms with E-state index in [1.807, 2.05) is 6.92 Å². The number of carbonyl (C=O) groups is 1. The van der Waals surface area contributed by atoms with Crippen molar-refractivity contribution >= 4 is 34.9 Å². The first-order valence-corrected chi connectivity index (χ1v) is 10.3. The molecule has 164 valence electrons. The molecular formula is C22H18Cl2FN5O2. The van der Waals surface area contributed by atoms with Crippen LogP contribution in [0.15, 0.2) is 60.8 Å². The predicted molar refractivity (Wildman–Crippen MR) is 120 cm³/mol. The predicted octanol–water partition coefficient (Wildman–Crippen LogP) is 5.17. The number of aryl methyl sites for hydroxylation is 1. The minimum absolute atomic E-state index is 0.0383. The van der Waals surface area contributed by atoms with Gasteiger partial charge in [-0.25, -0.2) is 9.07 Å². The minimum atomic E-state index is -0.414. The average molecular weight is 474 g/mol. The molecule has 10 heteroatoms. The van der Waals surface area contributed by atoms with Gasteiger partial charge in [0.15, 0.2) is 12.5 Å². The summed E-state index contributed by atoms with van der Waals surface area (Å²) in [7, 11) is 0. The third-order valence-electron chi connectivity index (χ3n) is 4.71. The molecule has 1 N–H and O–H groups in total. The first-order chi connectivity index (χ1) is 15.4. The molecule has 0 aliphatic rings. The minimum Gasteiger partial charge on any atom is -0.471 e. The molecule has 4 rings (SSSR count). The van der Waals surface area contributed by atoms with E-state index < -0.39 is 11.7 Å². The molecular weight excluding hydrogens is 456 g/mol. The average Bonchev–Trinajstić information content (AvgIpc) is 3.37. The highest BCUT2D eigenvalue weighted by atomic mass is 35.5. The number of aromatic nitrogens is 4. The van der Waals surface area contributed by atoms with Crippen LogP contribution in [0.4, 0.5) is 10.2 Å². The fraction of sp³-hybridized carbons (Fsp3) is 0.136. The zero-order valence-electron chi connectivity index (χ0n) is 16.9. The summed E-state index contributed by atoms with van der Waals surface area (Å²) in [6.07, 6.45) is 1.50. The molecule has 0 saturated carbocycles. The lowest BCUT2D eigenvalue weighted by Crippen LogP contribution is -2.20. The van der Waals surface area contributed by atoms with Crippen LogP contribution in [-0.4, -0.2) is 25.5 Å². The van der Waals surface area contributed by atoms with Gasteiger partial charge in [0.05, 0.1) is 6.54 Å². The summed E-state index contributed by atoms with van der Waals surface area (Å²) in [5, 5.41) is 12.1. The van der Waals surface area contributed by atoms with E-state index in [9.17, 15) is 9.18 Å². The van der Waals surface area contributed by atoms with E-state index in [1.54, 1.807) is 53.2 Å². The Morgan fingerprint density at radius 2 is 1.91 bits per heavy atom. The van der Waals surface area contributed by atoms with Crippen LogP contribution in [0.2, 0.25) is 10.0 Å². The molecule has 1 amide bonds. The summed E-state index contributed by atoms with van der Waals surface area (Å²) in [4.78, 5) is 12.8. The molecule has 7 nitrogen and oxygen atoms in total. The first-order valence-electron chi connectivity index (χ1n) is 9.59. The summed E-state index contributed by atoms with van der Waals surface area (Å²) in [5.41, 5.74) is 1.36. The van der Waals surface area contributed by atoms with Crippen molar-refractivity contribution < 1.29 is 13.9 Å². The number of nitrogens with zero attached hydrogens (tertiary/aromatic N) is 4. The van der Waals surface area contributed by atoms with Gasteiger partial charge >= 0.3 is 0 Å². The smallest absolute Gasteiger partial charge is 0.275 e. The van der Waals surface area contributed by atoms with Crippen molar-refractivity contribution in [1.29, 1.82) is 0 Å². The van der Waals surface area contributed by atoms with Crippen molar-refractivity contribution in [2.45, 2.75) is 20.2 Å². The number of rotatable bonds is 7. The third kappa shape index (κ3) is 4.92. The second-order valence-corrected chi connectivity index (χ2v) is 7.77. The van der Waals surface area contributed by atoms with E-state index in [0.29, 0.717) is 32.9 Å². The van der Waals surface area contributed by atoms with E-state index in [2.05, 4.69) is 15.5 Å². The van der Waals surface area contributed by atoms with Crippen molar-refractivity contribution in [2.75, 3.05) is 5.32 Å². The fourth-order valence-electron chi connectivity index (χ4n) is 3.04. The summed E-state index contributed by atoms with van der Waals surface area (Å²) in [6.45, 7) is 1.98. The number of anilines is 1. The summed E-state index contributed by atoms with van der Waals surface area (Å²) in [5.74, 6) is 0.0992. The van der Waals surface area contributed by atoms with Gasteiger partial charge in [-0.3, -0.25) is 9.48 Å². The van der Waals surface area contributed by atoms with Crippen molar-refractivity contribution in [3.63, 3.8) is 0 Å². The van der Waals surface area contributed by atoms with Crippen molar-refractivity contribution in [2.24, 2.45) is 0 Å². The first kappa shape index (κ1) is 21.9. The quantitative estimate of drug-likeness (QED) is 0.401. The molecule has 0 atom stereocenters. The maximum Gasteiger partial charge on any atom is 0.275 e. The van der Waals surface area contributed by atoms with Crippen LogP contribution in [0.5, 0.6) is 5.75 Å². The zero-order valence-corrected chi connectivity index (χ0v) is 18.4. The lowest BCUT2D eigenvalue weighted by atomic mass is 10.2. The van der Waals surface area contributed by atoms with Gasteiger partial charge in [-0.15, -0.1) is 0 Å². The second-order valence-electron chi connectivity index (χ2n) is 6.93. The molecule has 0 saturated heterocycles. The van der Waals surface area contributed by atoms with Crippen LogP contribution in [0, 0.1) is 12.7 Å². The van der Waals surface area contributed by atoms with Gasteiger partial charge in [0.2, 0.25) is 0 Å². The largest absolute Gasteiger partial charge is 0.471 e. The number of ether oxygens (including phenoxy) is 1. The third-order valence-corrected chi connectivity index (χ3v) is 5.31. The number of halogens is 3. The van der Waals surface area contributed by atoms with Crippen LogP contribution < -0.4 is 10.1 Å². The van der Waals surface area contributed by atoms with Crippen molar-refractivity contribution in [3.05, 3.63) is 93.6 Å². The number of nitrogens with one attached hydrogen (secondary N) is 1. The van der Waals surface area contributed by atoms with E-state index in [1.165, 1.54) is 16.9 Å². The van der Waals surface area contributed by atoms with Gasteiger partial charge in [0.1, 0.15) is 17.3 Å². The highest BCUT2D eigenvalue weighted by molar-refractivity contribution is 6.31. The standard InChI is InChI=1S/C22H18Cl2FN5O2/c1-14-11-21(28-29(14)12-17-18(24)3-2-4-19(17)25)27-22(31)20-9-10-26-30(20)13-32-16-7-5-15(23)6-8-16/h2-11H,12-13H2,1H3,(H,27,28,31). The lowest BCUT2D eigenvalue weighted by molar-refractivity contribution is 0.100. The maximum atomic E-state index is 14.1. The number of hydrogen-bond acceptors (Lipinski definition) is 4.